The minimum atomic E-state index is -3.66. The number of nitrogens with zero attached hydrogens (tertiary/aromatic N) is 3. The summed E-state index contributed by atoms with van der Waals surface area (Å²) >= 11 is 7.21. The number of halogens is 1. The number of sulfone groups is 1. The number of rotatable bonds is 9. The number of aromatic nitrogens is 2. The highest BCUT2D eigenvalue weighted by atomic mass is 35.5. The summed E-state index contributed by atoms with van der Waals surface area (Å²) in [5.74, 6) is -0.0559. The molecule has 2 aromatic carbocycles. The summed E-state index contributed by atoms with van der Waals surface area (Å²) in [5, 5.41) is 0.903. The molecule has 0 saturated carbocycles. The van der Waals surface area contributed by atoms with Crippen molar-refractivity contribution in [3.63, 3.8) is 0 Å². The Morgan fingerprint density at radius 3 is 2.59 bits per heavy atom. The molecular formula is C24H22ClN3O4S2. The van der Waals surface area contributed by atoms with Crippen molar-refractivity contribution in [3.8, 4) is 5.75 Å². The summed E-state index contributed by atoms with van der Waals surface area (Å²) in [7, 11) is -3.66. The minimum absolute atomic E-state index is 0.127. The molecule has 0 radical (unpaired) electrons. The molecule has 1 amide bonds. The van der Waals surface area contributed by atoms with Crippen LogP contribution in [0.1, 0.15) is 19.0 Å². The third-order valence-corrected chi connectivity index (χ3v) is 8.03. The van der Waals surface area contributed by atoms with Crippen LogP contribution in [0, 0.1) is 0 Å². The molecule has 0 spiro atoms. The van der Waals surface area contributed by atoms with E-state index in [-0.39, 0.29) is 29.5 Å². The molecule has 2 heterocycles. The largest absolute Gasteiger partial charge is 0.492 e. The Morgan fingerprint density at radius 1 is 1.09 bits per heavy atom. The lowest BCUT2D eigenvalue weighted by Crippen LogP contribution is -2.32. The third-order valence-electron chi connectivity index (χ3n) is 5.01. The summed E-state index contributed by atoms with van der Waals surface area (Å²) in [6.45, 7) is 2.56. The van der Waals surface area contributed by atoms with E-state index < -0.39 is 9.84 Å². The van der Waals surface area contributed by atoms with Gasteiger partial charge in [0.1, 0.15) is 11.3 Å². The second-order valence-corrected chi connectivity index (χ2v) is 10.9. The highest BCUT2D eigenvalue weighted by Crippen LogP contribution is 2.35. The van der Waals surface area contributed by atoms with Gasteiger partial charge in [-0.3, -0.25) is 14.7 Å². The molecule has 2 aromatic heterocycles. The molecule has 176 valence electrons. The standard InChI is InChI=1S/C24H22ClN3O4S2/c1-2-32-20-7-5-8-21-23(20)27-24(33-21)28(16-18-6-3-4-14-26-18)22(29)13-15-34(30,31)19-11-9-17(25)10-12-19/h3-12,14H,2,13,15-16H2,1H3. The summed E-state index contributed by atoms with van der Waals surface area (Å²) in [6, 6.07) is 17.0. The topological polar surface area (TPSA) is 89.5 Å². The number of amides is 1. The lowest BCUT2D eigenvalue weighted by molar-refractivity contribution is -0.118. The van der Waals surface area contributed by atoms with Crippen molar-refractivity contribution in [2.24, 2.45) is 0 Å². The second kappa shape index (κ2) is 10.5. The van der Waals surface area contributed by atoms with Gasteiger partial charge in [0, 0.05) is 17.6 Å². The first-order chi connectivity index (χ1) is 16.4. The van der Waals surface area contributed by atoms with Crippen LogP contribution in [0.2, 0.25) is 5.02 Å². The molecule has 34 heavy (non-hydrogen) atoms. The van der Waals surface area contributed by atoms with Gasteiger partial charge in [-0.25, -0.2) is 13.4 Å². The van der Waals surface area contributed by atoms with Crippen molar-refractivity contribution in [3.05, 3.63) is 77.6 Å². The molecular weight excluding hydrogens is 494 g/mol. The number of hydrogen-bond acceptors (Lipinski definition) is 7. The molecule has 0 aliphatic carbocycles. The van der Waals surface area contributed by atoms with Crippen molar-refractivity contribution < 1.29 is 17.9 Å². The molecule has 4 aromatic rings. The summed E-state index contributed by atoms with van der Waals surface area (Å²) in [6.07, 6.45) is 1.45. The summed E-state index contributed by atoms with van der Waals surface area (Å²) in [5.41, 5.74) is 1.33. The Morgan fingerprint density at radius 2 is 1.88 bits per heavy atom. The zero-order valence-corrected chi connectivity index (χ0v) is 20.7. The lowest BCUT2D eigenvalue weighted by atomic mass is 10.3. The maximum Gasteiger partial charge on any atom is 0.230 e. The summed E-state index contributed by atoms with van der Waals surface area (Å²) < 4.78 is 32.1. The van der Waals surface area contributed by atoms with Gasteiger partial charge in [-0.1, -0.05) is 35.1 Å². The van der Waals surface area contributed by atoms with Crippen LogP contribution in [-0.2, 0) is 21.2 Å². The van der Waals surface area contributed by atoms with Gasteiger partial charge in [-0.15, -0.1) is 0 Å². The van der Waals surface area contributed by atoms with Gasteiger partial charge in [0.25, 0.3) is 0 Å². The van der Waals surface area contributed by atoms with Crippen LogP contribution in [0.15, 0.2) is 71.8 Å². The zero-order chi connectivity index (χ0) is 24.1. The Labute approximate surface area is 206 Å². The van der Waals surface area contributed by atoms with Crippen molar-refractivity contribution in [2.45, 2.75) is 24.8 Å². The Bertz CT molecular complexity index is 1390. The van der Waals surface area contributed by atoms with Crippen LogP contribution >= 0.6 is 22.9 Å². The average Bonchev–Trinajstić information content (AvgIpc) is 3.27. The molecule has 0 saturated heterocycles. The number of pyridine rings is 1. The third kappa shape index (κ3) is 5.55. The van der Waals surface area contributed by atoms with Gasteiger partial charge >= 0.3 is 0 Å². The van der Waals surface area contributed by atoms with Crippen molar-refractivity contribution >= 4 is 54.0 Å². The number of ether oxygens (including phenoxy) is 1. The lowest BCUT2D eigenvalue weighted by Gasteiger charge is -2.19. The minimum Gasteiger partial charge on any atom is -0.492 e. The molecule has 0 aliphatic rings. The van der Waals surface area contributed by atoms with E-state index in [0.717, 1.165) is 4.70 Å². The highest BCUT2D eigenvalue weighted by molar-refractivity contribution is 7.91. The van der Waals surface area contributed by atoms with Crippen LogP contribution in [0.3, 0.4) is 0 Å². The Kier molecular flexibility index (Phi) is 7.45. The molecule has 0 N–H and O–H groups in total. The molecule has 4 rings (SSSR count). The van der Waals surface area contributed by atoms with Gasteiger partial charge in [0.15, 0.2) is 15.0 Å². The second-order valence-electron chi connectivity index (χ2n) is 7.36. The van der Waals surface area contributed by atoms with Crippen LogP contribution in [0.25, 0.3) is 10.2 Å². The van der Waals surface area contributed by atoms with Crippen LogP contribution in [0.4, 0.5) is 5.13 Å². The first-order valence-electron chi connectivity index (χ1n) is 10.6. The van der Waals surface area contributed by atoms with Gasteiger partial charge in [0.2, 0.25) is 5.91 Å². The fourth-order valence-electron chi connectivity index (χ4n) is 3.33. The molecule has 7 nitrogen and oxygen atoms in total. The normalized spacial score (nSPS) is 11.5. The molecule has 10 heteroatoms. The van der Waals surface area contributed by atoms with E-state index >= 15 is 0 Å². The quantitative estimate of drug-likeness (QED) is 0.306. The van der Waals surface area contributed by atoms with Crippen molar-refractivity contribution in [1.29, 1.82) is 0 Å². The van der Waals surface area contributed by atoms with Gasteiger partial charge in [0.05, 0.1) is 34.2 Å². The molecule has 0 unspecified atom stereocenters. The summed E-state index contributed by atoms with van der Waals surface area (Å²) in [4.78, 5) is 23.9. The predicted molar refractivity (Wildman–Crippen MR) is 134 cm³/mol. The van der Waals surface area contributed by atoms with E-state index in [1.165, 1.54) is 40.5 Å². The molecule has 0 fully saturated rings. The molecule has 0 atom stereocenters. The van der Waals surface area contributed by atoms with E-state index in [0.29, 0.717) is 33.7 Å². The number of fused-ring (bicyclic) bond motifs is 1. The fourth-order valence-corrected chi connectivity index (χ4v) is 5.69. The first-order valence-corrected chi connectivity index (χ1v) is 13.4. The first kappa shape index (κ1) is 24.1. The number of thiazole rings is 1. The van der Waals surface area contributed by atoms with Crippen LogP contribution in [0.5, 0.6) is 5.75 Å². The Hall–Kier alpha value is -3.01. The maximum absolute atomic E-state index is 13.3. The maximum atomic E-state index is 13.3. The van der Waals surface area contributed by atoms with E-state index in [4.69, 9.17) is 16.3 Å². The number of carbonyl (C=O) groups excluding carboxylic acids is 1. The van der Waals surface area contributed by atoms with E-state index in [1.807, 2.05) is 37.3 Å². The highest BCUT2D eigenvalue weighted by Gasteiger charge is 2.24. The van der Waals surface area contributed by atoms with Crippen LogP contribution in [-0.4, -0.2) is 36.7 Å². The number of anilines is 1. The van der Waals surface area contributed by atoms with E-state index in [9.17, 15) is 13.2 Å². The number of carbonyl (C=O) groups is 1. The van der Waals surface area contributed by atoms with Crippen molar-refractivity contribution in [2.75, 3.05) is 17.3 Å². The smallest absolute Gasteiger partial charge is 0.230 e. The SMILES string of the molecule is CCOc1cccc2sc(N(Cc3ccccn3)C(=O)CCS(=O)(=O)c3ccc(Cl)cc3)nc12. The van der Waals surface area contributed by atoms with E-state index in [2.05, 4.69) is 9.97 Å². The molecule has 0 bridgehead atoms. The number of hydrogen-bond donors (Lipinski definition) is 0. The monoisotopic (exact) mass is 515 g/mol. The fraction of sp³-hybridized carbons (Fsp3) is 0.208. The van der Waals surface area contributed by atoms with Gasteiger partial charge in [-0.2, -0.15) is 0 Å². The van der Waals surface area contributed by atoms with Gasteiger partial charge < -0.3 is 4.74 Å². The number of benzene rings is 2. The molecule has 0 aliphatic heterocycles. The van der Waals surface area contributed by atoms with E-state index in [1.54, 1.807) is 12.3 Å². The Balaban J connectivity index is 1.62. The average molecular weight is 516 g/mol. The van der Waals surface area contributed by atoms with Gasteiger partial charge in [-0.05, 0) is 55.5 Å². The zero-order valence-electron chi connectivity index (χ0n) is 18.3. The van der Waals surface area contributed by atoms with Crippen molar-refractivity contribution in [1.82, 2.24) is 9.97 Å². The van der Waals surface area contributed by atoms with Crippen LogP contribution < -0.4 is 9.64 Å². The number of para-hydroxylation sites is 1. The predicted octanol–water partition coefficient (Wildman–Crippen LogP) is 5.14.